The Balaban J connectivity index is 2.24. The summed E-state index contributed by atoms with van der Waals surface area (Å²) in [5.41, 5.74) is 0.949. The van der Waals surface area contributed by atoms with Gasteiger partial charge in [-0.25, -0.2) is 9.48 Å². The van der Waals surface area contributed by atoms with E-state index in [1.165, 1.54) is 15.3 Å². The third-order valence-corrected chi connectivity index (χ3v) is 3.01. The van der Waals surface area contributed by atoms with Gasteiger partial charge in [0.1, 0.15) is 5.65 Å². The quantitative estimate of drug-likeness (QED) is 0.705. The standard InChI is InChI=1S/C11H8ClN5O2/c1-6-7(9(12)18)5-13-17(6)10-14-8-3-2-4-16(8)11(19)15-10/h2-5H,1H3,(H,14,15,19). The van der Waals surface area contributed by atoms with Crippen molar-refractivity contribution in [1.82, 2.24) is 24.1 Å². The SMILES string of the molecule is Cc1c(C(=O)Cl)cnn1-c1nc2cccn2c(=O)[nH]1. The first-order valence-corrected chi connectivity index (χ1v) is 5.78. The molecule has 0 fully saturated rings. The largest absolute Gasteiger partial charge is 0.334 e. The number of rotatable bonds is 2. The van der Waals surface area contributed by atoms with Crippen molar-refractivity contribution in [3.05, 3.63) is 46.3 Å². The third kappa shape index (κ3) is 1.75. The van der Waals surface area contributed by atoms with E-state index >= 15 is 0 Å². The smallest absolute Gasteiger partial charge is 0.275 e. The van der Waals surface area contributed by atoms with E-state index in [4.69, 9.17) is 11.6 Å². The van der Waals surface area contributed by atoms with Crippen molar-refractivity contribution >= 4 is 22.5 Å². The van der Waals surface area contributed by atoms with E-state index in [2.05, 4.69) is 15.1 Å². The molecular formula is C11H8ClN5O2. The van der Waals surface area contributed by atoms with Gasteiger partial charge in [-0.15, -0.1) is 0 Å². The number of carbonyl (C=O) groups excluding carboxylic acids is 1. The molecule has 0 aromatic carbocycles. The van der Waals surface area contributed by atoms with E-state index in [0.29, 0.717) is 11.3 Å². The first kappa shape index (κ1) is 11.7. The van der Waals surface area contributed by atoms with Crippen LogP contribution in [-0.4, -0.2) is 29.4 Å². The molecule has 0 bridgehead atoms. The number of fused-ring (bicyclic) bond motifs is 1. The van der Waals surface area contributed by atoms with Crippen molar-refractivity contribution in [3.8, 4) is 5.95 Å². The van der Waals surface area contributed by atoms with Crippen LogP contribution in [0.2, 0.25) is 0 Å². The van der Waals surface area contributed by atoms with E-state index in [0.717, 1.165) is 0 Å². The molecule has 3 aromatic heterocycles. The molecule has 0 atom stereocenters. The Kier molecular flexibility index (Phi) is 2.49. The molecule has 3 rings (SSSR count). The summed E-state index contributed by atoms with van der Waals surface area (Å²) in [4.78, 5) is 29.8. The van der Waals surface area contributed by atoms with Crippen molar-refractivity contribution in [2.24, 2.45) is 0 Å². The first-order valence-electron chi connectivity index (χ1n) is 5.40. The maximum Gasteiger partial charge on any atom is 0.334 e. The van der Waals surface area contributed by atoms with Gasteiger partial charge in [0.2, 0.25) is 5.95 Å². The second-order valence-electron chi connectivity index (χ2n) is 3.93. The van der Waals surface area contributed by atoms with E-state index < -0.39 is 5.24 Å². The lowest BCUT2D eigenvalue weighted by molar-refractivity contribution is 0.108. The van der Waals surface area contributed by atoms with Crippen LogP contribution >= 0.6 is 11.6 Å². The van der Waals surface area contributed by atoms with Gasteiger partial charge in [-0.05, 0) is 30.7 Å². The lowest BCUT2D eigenvalue weighted by atomic mass is 10.3. The second kappa shape index (κ2) is 4.06. The molecule has 0 spiro atoms. The molecule has 7 nitrogen and oxygen atoms in total. The van der Waals surface area contributed by atoms with E-state index in [1.54, 1.807) is 25.3 Å². The van der Waals surface area contributed by atoms with Crippen LogP contribution in [0.25, 0.3) is 11.6 Å². The maximum atomic E-state index is 11.8. The summed E-state index contributed by atoms with van der Waals surface area (Å²) in [6, 6.07) is 3.41. The average molecular weight is 278 g/mol. The molecule has 1 N–H and O–H groups in total. The number of hydrogen-bond donors (Lipinski definition) is 1. The summed E-state index contributed by atoms with van der Waals surface area (Å²) in [5, 5.41) is 3.41. The average Bonchev–Trinajstić information content (AvgIpc) is 2.94. The molecule has 0 aliphatic heterocycles. The molecule has 0 aliphatic carbocycles. The van der Waals surface area contributed by atoms with Crippen LogP contribution in [0, 0.1) is 6.92 Å². The van der Waals surface area contributed by atoms with E-state index in [1.807, 2.05) is 0 Å². The number of nitrogens with one attached hydrogen (secondary N) is 1. The molecule has 0 amide bonds. The van der Waals surface area contributed by atoms with Crippen molar-refractivity contribution in [2.75, 3.05) is 0 Å². The number of hydrogen-bond acceptors (Lipinski definition) is 4. The monoisotopic (exact) mass is 277 g/mol. The van der Waals surface area contributed by atoms with Gasteiger partial charge in [-0.2, -0.15) is 10.1 Å². The number of aromatic amines is 1. The molecule has 0 aliphatic rings. The van der Waals surface area contributed by atoms with Gasteiger partial charge in [0.05, 0.1) is 17.5 Å². The lowest BCUT2D eigenvalue weighted by Gasteiger charge is -2.03. The Morgan fingerprint density at radius 1 is 1.47 bits per heavy atom. The molecule has 3 heterocycles. The molecule has 0 unspecified atom stereocenters. The van der Waals surface area contributed by atoms with E-state index in [-0.39, 0.29) is 17.2 Å². The molecule has 0 radical (unpaired) electrons. The molecule has 3 aromatic rings. The Morgan fingerprint density at radius 3 is 2.95 bits per heavy atom. The van der Waals surface area contributed by atoms with Gasteiger partial charge in [0.25, 0.3) is 5.24 Å². The molecule has 96 valence electrons. The highest BCUT2D eigenvalue weighted by Crippen LogP contribution is 2.13. The van der Waals surface area contributed by atoms with E-state index in [9.17, 15) is 9.59 Å². The summed E-state index contributed by atoms with van der Waals surface area (Å²) >= 11 is 5.43. The van der Waals surface area contributed by atoms with Crippen LogP contribution in [0.15, 0.2) is 29.3 Å². The summed E-state index contributed by atoms with van der Waals surface area (Å²) in [6.45, 7) is 1.67. The Hall–Kier alpha value is -2.41. The number of H-pyrrole nitrogens is 1. The van der Waals surface area contributed by atoms with Crippen molar-refractivity contribution < 1.29 is 4.79 Å². The minimum atomic E-state index is -0.602. The van der Waals surface area contributed by atoms with Crippen LogP contribution in [0.1, 0.15) is 16.1 Å². The predicted octanol–water partition coefficient (Wildman–Crippen LogP) is 0.896. The zero-order valence-corrected chi connectivity index (χ0v) is 10.5. The molecule has 0 saturated carbocycles. The fourth-order valence-corrected chi connectivity index (χ4v) is 2.03. The Labute approximate surface area is 111 Å². The number of nitrogens with zero attached hydrogens (tertiary/aromatic N) is 4. The highest BCUT2D eigenvalue weighted by Gasteiger charge is 2.15. The van der Waals surface area contributed by atoms with Gasteiger partial charge < -0.3 is 0 Å². The van der Waals surface area contributed by atoms with Crippen molar-refractivity contribution in [2.45, 2.75) is 6.92 Å². The normalized spacial score (nSPS) is 11.1. The predicted molar refractivity (Wildman–Crippen MR) is 67.9 cm³/mol. The van der Waals surface area contributed by atoms with Gasteiger partial charge in [-0.3, -0.25) is 14.2 Å². The fourth-order valence-electron chi connectivity index (χ4n) is 1.84. The van der Waals surface area contributed by atoms with Crippen LogP contribution in [0.5, 0.6) is 0 Å². The molecular weight excluding hydrogens is 270 g/mol. The van der Waals surface area contributed by atoms with Gasteiger partial charge >= 0.3 is 5.69 Å². The Bertz CT molecular complexity index is 844. The summed E-state index contributed by atoms with van der Waals surface area (Å²) in [7, 11) is 0. The second-order valence-corrected chi connectivity index (χ2v) is 4.27. The van der Waals surface area contributed by atoms with Gasteiger partial charge in [-0.1, -0.05) is 0 Å². The van der Waals surface area contributed by atoms with Crippen molar-refractivity contribution in [1.29, 1.82) is 0 Å². The number of carbonyl (C=O) groups is 1. The van der Waals surface area contributed by atoms with Crippen LogP contribution < -0.4 is 5.69 Å². The van der Waals surface area contributed by atoms with Gasteiger partial charge in [0, 0.05) is 6.20 Å². The number of halogens is 1. The highest BCUT2D eigenvalue weighted by atomic mass is 35.5. The van der Waals surface area contributed by atoms with Crippen LogP contribution in [-0.2, 0) is 0 Å². The Morgan fingerprint density at radius 2 is 2.26 bits per heavy atom. The van der Waals surface area contributed by atoms with Crippen LogP contribution in [0.4, 0.5) is 0 Å². The lowest BCUT2D eigenvalue weighted by Crippen LogP contribution is -2.20. The van der Waals surface area contributed by atoms with Crippen LogP contribution in [0.3, 0.4) is 0 Å². The summed E-state index contributed by atoms with van der Waals surface area (Å²) < 4.78 is 2.74. The minimum Gasteiger partial charge on any atom is -0.275 e. The van der Waals surface area contributed by atoms with Crippen molar-refractivity contribution in [3.63, 3.8) is 0 Å². The first-order chi connectivity index (χ1) is 9.08. The highest BCUT2D eigenvalue weighted by molar-refractivity contribution is 6.67. The van der Waals surface area contributed by atoms with Gasteiger partial charge in [0.15, 0.2) is 0 Å². The summed E-state index contributed by atoms with van der Waals surface area (Å²) in [5.74, 6) is 0.234. The third-order valence-electron chi connectivity index (χ3n) is 2.81. The molecule has 19 heavy (non-hydrogen) atoms. The topological polar surface area (TPSA) is 85.0 Å². The fraction of sp³-hybridized carbons (Fsp3) is 0.0909. The minimum absolute atomic E-state index is 0.234. The molecule has 0 saturated heterocycles. The molecule has 8 heteroatoms. The zero-order chi connectivity index (χ0) is 13.6. The zero-order valence-electron chi connectivity index (χ0n) is 9.79. The number of aromatic nitrogens is 5. The summed E-state index contributed by atoms with van der Waals surface area (Å²) in [6.07, 6.45) is 2.95. The maximum absolute atomic E-state index is 11.8.